The molecule has 70 valence electrons. The van der Waals surface area contributed by atoms with Gasteiger partial charge in [0.2, 0.25) is 11.8 Å². The number of allylic oxidation sites excluding steroid dienone is 2. The van der Waals surface area contributed by atoms with Crippen molar-refractivity contribution in [2.75, 3.05) is 7.05 Å². The van der Waals surface area contributed by atoms with Crippen LogP contribution in [-0.4, -0.2) is 23.8 Å². The monoisotopic (exact) mass is 179 g/mol. The van der Waals surface area contributed by atoms with Gasteiger partial charge in [-0.05, 0) is 12.0 Å². The summed E-state index contributed by atoms with van der Waals surface area (Å²) in [5.41, 5.74) is 0.756. The van der Waals surface area contributed by atoms with Gasteiger partial charge < -0.3 is 0 Å². The van der Waals surface area contributed by atoms with Gasteiger partial charge >= 0.3 is 0 Å². The van der Waals surface area contributed by atoms with Gasteiger partial charge in [-0.3, -0.25) is 14.5 Å². The summed E-state index contributed by atoms with van der Waals surface area (Å²) >= 11 is 0. The Morgan fingerprint density at radius 3 is 2.77 bits per heavy atom. The average Bonchev–Trinajstić information content (AvgIpc) is 2.13. The predicted octanol–water partition coefficient (Wildman–Crippen LogP) is 1.27. The third-order valence-electron chi connectivity index (χ3n) is 2.00. The Kier molecular flexibility index (Phi) is 3.01. The fourth-order valence-corrected chi connectivity index (χ4v) is 1.14. The molecular formula is C10H13NO2. The lowest BCUT2D eigenvalue weighted by atomic mass is 10.2. The minimum atomic E-state index is -0.179. The second kappa shape index (κ2) is 4.03. The lowest BCUT2D eigenvalue weighted by molar-refractivity contribution is -0.142. The van der Waals surface area contributed by atoms with Crippen molar-refractivity contribution in [3.63, 3.8) is 0 Å². The average molecular weight is 179 g/mol. The Balaban J connectivity index is 2.78. The van der Waals surface area contributed by atoms with E-state index in [1.165, 1.54) is 11.9 Å². The van der Waals surface area contributed by atoms with Crippen molar-refractivity contribution >= 4 is 11.8 Å². The molecule has 3 heteroatoms. The fourth-order valence-electron chi connectivity index (χ4n) is 1.14. The van der Waals surface area contributed by atoms with Crippen LogP contribution in [0.4, 0.5) is 0 Å². The summed E-state index contributed by atoms with van der Waals surface area (Å²) in [5, 5.41) is 0. The van der Waals surface area contributed by atoms with E-state index in [9.17, 15) is 9.59 Å². The molecule has 0 aromatic rings. The molecule has 3 nitrogen and oxygen atoms in total. The van der Waals surface area contributed by atoms with E-state index in [1.807, 2.05) is 12.2 Å². The van der Waals surface area contributed by atoms with Gasteiger partial charge in [0.25, 0.3) is 0 Å². The minimum Gasteiger partial charge on any atom is -0.285 e. The van der Waals surface area contributed by atoms with Crippen LogP contribution >= 0.6 is 0 Å². The summed E-state index contributed by atoms with van der Waals surface area (Å²) in [6, 6.07) is 0. The van der Waals surface area contributed by atoms with E-state index >= 15 is 0 Å². The summed E-state index contributed by atoms with van der Waals surface area (Å²) in [6.45, 7) is 3.72. The predicted molar refractivity (Wildman–Crippen MR) is 49.9 cm³/mol. The van der Waals surface area contributed by atoms with Gasteiger partial charge in [-0.25, -0.2) is 0 Å². The molecule has 0 radical (unpaired) electrons. The molecule has 1 rings (SSSR count). The Hall–Kier alpha value is -1.38. The van der Waals surface area contributed by atoms with Crippen LogP contribution < -0.4 is 0 Å². The summed E-state index contributed by atoms with van der Waals surface area (Å²) in [7, 11) is 1.52. The van der Waals surface area contributed by atoms with Crippen LogP contribution in [0.1, 0.15) is 19.3 Å². The largest absolute Gasteiger partial charge is 0.285 e. The molecule has 1 aliphatic heterocycles. The topological polar surface area (TPSA) is 37.4 Å². The van der Waals surface area contributed by atoms with Crippen molar-refractivity contribution < 1.29 is 9.59 Å². The van der Waals surface area contributed by atoms with Crippen LogP contribution in [0.2, 0.25) is 0 Å². The summed E-state index contributed by atoms with van der Waals surface area (Å²) in [5.74, 6) is -0.300. The van der Waals surface area contributed by atoms with E-state index in [0.717, 1.165) is 5.57 Å². The number of carbonyl (C=O) groups is 2. The highest BCUT2D eigenvalue weighted by molar-refractivity contribution is 5.96. The number of hydrogen-bond donors (Lipinski definition) is 0. The normalized spacial score (nSPS) is 22.2. The first-order chi connectivity index (χ1) is 6.11. The molecule has 0 N–H and O–H groups in total. The Labute approximate surface area is 77.7 Å². The second-order valence-electron chi connectivity index (χ2n) is 3.12. The third kappa shape index (κ3) is 2.54. The van der Waals surface area contributed by atoms with Crippen LogP contribution in [0.5, 0.6) is 0 Å². The molecule has 0 bridgehead atoms. The molecule has 1 heterocycles. The standard InChI is InChI=1S/C10H13NO2/c1-8-5-3-4-6-9(12)11(2)10(13)7-8/h3,5H,1,4,6-7H2,2H3/b5-3-. The molecule has 0 atom stereocenters. The molecule has 1 aliphatic rings. The van der Waals surface area contributed by atoms with Crippen LogP contribution in [0.25, 0.3) is 0 Å². The SMILES string of the molecule is C=C1/C=C\CCC(=O)N(C)C(=O)C1. The Bertz CT molecular complexity index is 279. The zero-order valence-corrected chi connectivity index (χ0v) is 7.75. The molecule has 0 aliphatic carbocycles. The zero-order valence-electron chi connectivity index (χ0n) is 7.75. The van der Waals surface area contributed by atoms with Crippen LogP contribution in [0.15, 0.2) is 24.3 Å². The minimum absolute atomic E-state index is 0.121. The van der Waals surface area contributed by atoms with E-state index in [0.29, 0.717) is 12.8 Å². The summed E-state index contributed by atoms with van der Waals surface area (Å²) in [6.07, 6.45) is 5.00. The first-order valence-electron chi connectivity index (χ1n) is 4.25. The molecule has 0 aromatic carbocycles. The molecule has 0 spiro atoms. The zero-order chi connectivity index (χ0) is 9.84. The number of imide groups is 1. The Morgan fingerprint density at radius 1 is 1.38 bits per heavy atom. The van der Waals surface area contributed by atoms with Gasteiger partial charge in [0, 0.05) is 13.5 Å². The van der Waals surface area contributed by atoms with Gasteiger partial charge in [0.1, 0.15) is 0 Å². The summed E-state index contributed by atoms with van der Waals surface area (Å²) < 4.78 is 0. The number of amides is 2. The number of carbonyl (C=O) groups excluding carboxylic acids is 2. The molecule has 0 saturated heterocycles. The van der Waals surface area contributed by atoms with Crippen molar-refractivity contribution in [3.8, 4) is 0 Å². The number of hydrogen-bond acceptors (Lipinski definition) is 2. The van der Waals surface area contributed by atoms with E-state index in [1.54, 1.807) is 0 Å². The van der Waals surface area contributed by atoms with E-state index in [4.69, 9.17) is 0 Å². The highest BCUT2D eigenvalue weighted by Crippen LogP contribution is 2.09. The summed E-state index contributed by atoms with van der Waals surface area (Å²) in [4.78, 5) is 23.8. The maximum atomic E-state index is 11.4. The molecule has 2 amide bonds. The number of nitrogens with zero attached hydrogens (tertiary/aromatic N) is 1. The van der Waals surface area contributed by atoms with Crippen LogP contribution in [-0.2, 0) is 9.59 Å². The van der Waals surface area contributed by atoms with Crippen LogP contribution in [0, 0.1) is 0 Å². The van der Waals surface area contributed by atoms with E-state index < -0.39 is 0 Å². The van der Waals surface area contributed by atoms with Crippen LogP contribution in [0.3, 0.4) is 0 Å². The van der Waals surface area contributed by atoms with Gasteiger partial charge in [-0.2, -0.15) is 0 Å². The van der Waals surface area contributed by atoms with Crippen molar-refractivity contribution in [3.05, 3.63) is 24.3 Å². The maximum absolute atomic E-state index is 11.4. The molecule has 13 heavy (non-hydrogen) atoms. The maximum Gasteiger partial charge on any atom is 0.233 e. The molecule has 0 saturated carbocycles. The van der Waals surface area contributed by atoms with Gasteiger partial charge in [0.05, 0.1) is 6.42 Å². The van der Waals surface area contributed by atoms with Gasteiger partial charge in [-0.1, -0.05) is 18.7 Å². The highest BCUT2D eigenvalue weighted by Gasteiger charge is 2.16. The molecule has 0 fully saturated rings. The first-order valence-corrected chi connectivity index (χ1v) is 4.25. The van der Waals surface area contributed by atoms with E-state index in [-0.39, 0.29) is 18.2 Å². The van der Waals surface area contributed by atoms with Crippen molar-refractivity contribution in [1.82, 2.24) is 4.90 Å². The first kappa shape index (κ1) is 9.71. The molecular weight excluding hydrogens is 166 g/mol. The highest BCUT2D eigenvalue weighted by atomic mass is 16.2. The van der Waals surface area contributed by atoms with Gasteiger partial charge in [0.15, 0.2) is 0 Å². The van der Waals surface area contributed by atoms with E-state index in [2.05, 4.69) is 6.58 Å². The quantitative estimate of drug-likeness (QED) is 0.525. The molecule has 0 unspecified atom stereocenters. The van der Waals surface area contributed by atoms with Crippen molar-refractivity contribution in [2.45, 2.75) is 19.3 Å². The third-order valence-corrected chi connectivity index (χ3v) is 2.00. The lowest BCUT2D eigenvalue weighted by Gasteiger charge is -2.13. The molecule has 0 aromatic heterocycles. The van der Waals surface area contributed by atoms with Crippen molar-refractivity contribution in [2.24, 2.45) is 0 Å². The second-order valence-corrected chi connectivity index (χ2v) is 3.12. The number of rotatable bonds is 0. The fraction of sp³-hybridized carbons (Fsp3) is 0.400. The van der Waals surface area contributed by atoms with Crippen molar-refractivity contribution in [1.29, 1.82) is 0 Å². The lowest BCUT2D eigenvalue weighted by Crippen LogP contribution is -2.32. The Morgan fingerprint density at radius 2 is 2.08 bits per heavy atom. The smallest absolute Gasteiger partial charge is 0.233 e. The van der Waals surface area contributed by atoms with Gasteiger partial charge in [-0.15, -0.1) is 0 Å².